The van der Waals surface area contributed by atoms with Gasteiger partial charge in [-0.15, -0.1) is 5.10 Å². The lowest BCUT2D eigenvalue weighted by molar-refractivity contribution is 0.478. The maximum Gasteiger partial charge on any atom is 0.233 e. The van der Waals surface area contributed by atoms with E-state index in [-0.39, 0.29) is 5.75 Å². The molecule has 3 nitrogen and oxygen atoms in total. The second-order valence-electron chi connectivity index (χ2n) is 2.34. The van der Waals surface area contributed by atoms with Gasteiger partial charge in [0.2, 0.25) is 5.95 Å². The number of rotatable bonds is 0. The summed E-state index contributed by atoms with van der Waals surface area (Å²) in [7, 11) is 0. The molecule has 0 radical (unpaired) electrons. The van der Waals surface area contributed by atoms with E-state index in [1.807, 2.05) is 0 Å². The Kier molecular flexibility index (Phi) is 1.54. The minimum Gasteiger partial charge on any atom is -0.506 e. The van der Waals surface area contributed by atoms with E-state index in [1.165, 1.54) is 16.6 Å². The lowest BCUT2D eigenvalue weighted by Crippen LogP contribution is -1.86. The molecule has 0 aliphatic heterocycles. The standard InChI is InChI=1S/C7H4BrFN2O/c8-4-1-6(12)5-2-7(9)10-11(5)3-4/h1-3,12H. The Hall–Kier alpha value is -1.10. The van der Waals surface area contributed by atoms with Crippen LogP contribution in [-0.4, -0.2) is 14.7 Å². The molecule has 0 aromatic carbocycles. The highest BCUT2D eigenvalue weighted by molar-refractivity contribution is 9.10. The molecule has 2 heterocycles. The summed E-state index contributed by atoms with van der Waals surface area (Å²) < 4.78 is 14.5. The summed E-state index contributed by atoms with van der Waals surface area (Å²) in [5.74, 6) is -0.607. The summed E-state index contributed by atoms with van der Waals surface area (Å²) in [6.07, 6.45) is 1.57. The number of hydrogen-bond donors (Lipinski definition) is 1. The molecule has 2 aromatic heterocycles. The maximum atomic E-state index is 12.6. The van der Waals surface area contributed by atoms with Crippen LogP contribution in [0.1, 0.15) is 0 Å². The third kappa shape index (κ3) is 1.06. The van der Waals surface area contributed by atoms with Gasteiger partial charge >= 0.3 is 0 Å². The molecular formula is C7H4BrFN2O. The minimum atomic E-state index is -0.608. The van der Waals surface area contributed by atoms with Crippen LogP contribution in [0.25, 0.3) is 5.52 Å². The fourth-order valence-corrected chi connectivity index (χ4v) is 1.42. The minimum absolute atomic E-state index is 0.000718. The first kappa shape index (κ1) is 7.54. The lowest BCUT2D eigenvalue weighted by atomic mass is 10.4. The molecule has 2 rings (SSSR count). The Bertz CT molecular complexity index is 440. The van der Waals surface area contributed by atoms with Gasteiger partial charge in [-0.25, -0.2) is 4.52 Å². The van der Waals surface area contributed by atoms with E-state index < -0.39 is 5.95 Å². The van der Waals surface area contributed by atoms with Crippen LogP contribution < -0.4 is 0 Å². The van der Waals surface area contributed by atoms with Crippen LogP contribution in [0.3, 0.4) is 0 Å². The second kappa shape index (κ2) is 2.45. The number of pyridine rings is 1. The predicted molar refractivity (Wildman–Crippen MR) is 44.5 cm³/mol. The first-order valence-electron chi connectivity index (χ1n) is 3.20. The molecule has 5 heteroatoms. The van der Waals surface area contributed by atoms with Gasteiger partial charge < -0.3 is 5.11 Å². The van der Waals surface area contributed by atoms with Gasteiger partial charge in [-0.2, -0.15) is 4.39 Å². The van der Waals surface area contributed by atoms with Gasteiger partial charge in [0.25, 0.3) is 0 Å². The molecular weight excluding hydrogens is 227 g/mol. The van der Waals surface area contributed by atoms with Crippen molar-refractivity contribution in [1.29, 1.82) is 0 Å². The quantitative estimate of drug-likeness (QED) is 0.752. The average molecular weight is 231 g/mol. The van der Waals surface area contributed by atoms with E-state index in [0.717, 1.165) is 0 Å². The maximum absolute atomic E-state index is 12.6. The summed E-state index contributed by atoms with van der Waals surface area (Å²) in [5, 5.41) is 12.8. The van der Waals surface area contributed by atoms with Gasteiger partial charge in [0.1, 0.15) is 11.3 Å². The number of aromatic hydroxyl groups is 1. The van der Waals surface area contributed by atoms with Gasteiger partial charge in [-0.05, 0) is 22.0 Å². The van der Waals surface area contributed by atoms with Crippen LogP contribution in [-0.2, 0) is 0 Å². The molecule has 0 fully saturated rings. The molecule has 0 aliphatic carbocycles. The summed E-state index contributed by atoms with van der Waals surface area (Å²) in [6.45, 7) is 0. The molecule has 2 aromatic rings. The van der Waals surface area contributed by atoms with Crippen LogP contribution in [0.15, 0.2) is 22.8 Å². The molecule has 0 saturated carbocycles. The molecule has 0 saturated heterocycles. The monoisotopic (exact) mass is 230 g/mol. The number of fused-ring (bicyclic) bond motifs is 1. The van der Waals surface area contributed by atoms with Crippen molar-refractivity contribution >= 4 is 21.4 Å². The van der Waals surface area contributed by atoms with Crippen LogP contribution >= 0.6 is 15.9 Å². The van der Waals surface area contributed by atoms with Crippen molar-refractivity contribution in [3.05, 3.63) is 28.7 Å². The molecule has 0 bridgehead atoms. The summed E-state index contributed by atoms with van der Waals surface area (Å²) in [4.78, 5) is 0. The Morgan fingerprint density at radius 1 is 1.50 bits per heavy atom. The van der Waals surface area contributed by atoms with Gasteiger partial charge in [-0.1, -0.05) is 0 Å². The smallest absolute Gasteiger partial charge is 0.233 e. The SMILES string of the molecule is Oc1cc(Br)cn2nc(F)cc12. The average Bonchev–Trinajstić information content (AvgIpc) is 2.29. The number of hydrogen-bond acceptors (Lipinski definition) is 2. The molecule has 0 atom stereocenters. The molecule has 0 spiro atoms. The van der Waals surface area contributed by atoms with Crippen LogP contribution in [0.5, 0.6) is 5.75 Å². The van der Waals surface area contributed by atoms with Gasteiger partial charge in [0.15, 0.2) is 0 Å². The Morgan fingerprint density at radius 3 is 3.00 bits per heavy atom. The number of halogens is 2. The molecule has 62 valence electrons. The van der Waals surface area contributed by atoms with Gasteiger partial charge in [0, 0.05) is 16.7 Å². The van der Waals surface area contributed by atoms with Crippen LogP contribution in [0.4, 0.5) is 4.39 Å². The summed E-state index contributed by atoms with van der Waals surface area (Å²) in [6, 6.07) is 2.65. The summed E-state index contributed by atoms with van der Waals surface area (Å²) >= 11 is 3.15. The molecule has 0 unspecified atom stereocenters. The zero-order valence-electron chi connectivity index (χ0n) is 5.83. The molecule has 0 amide bonds. The van der Waals surface area contributed by atoms with E-state index in [0.29, 0.717) is 9.99 Å². The van der Waals surface area contributed by atoms with Crippen molar-refractivity contribution in [2.24, 2.45) is 0 Å². The molecule has 0 aliphatic rings. The van der Waals surface area contributed by atoms with E-state index in [9.17, 15) is 9.50 Å². The first-order valence-corrected chi connectivity index (χ1v) is 3.99. The van der Waals surface area contributed by atoms with Crippen molar-refractivity contribution in [3.8, 4) is 5.75 Å². The lowest BCUT2D eigenvalue weighted by Gasteiger charge is -1.96. The first-order chi connectivity index (χ1) is 5.66. The normalized spacial score (nSPS) is 10.8. The Labute approximate surface area is 75.6 Å². The van der Waals surface area contributed by atoms with E-state index >= 15 is 0 Å². The van der Waals surface area contributed by atoms with Crippen molar-refractivity contribution in [1.82, 2.24) is 9.61 Å². The van der Waals surface area contributed by atoms with Crippen LogP contribution in [0, 0.1) is 5.95 Å². The third-order valence-corrected chi connectivity index (χ3v) is 1.92. The van der Waals surface area contributed by atoms with E-state index in [2.05, 4.69) is 21.0 Å². The fourth-order valence-electron chi connectivity index (χ4n) is 1.01. The Balaban J connectivity index is 2.88. The second-order valence-corrected chi connectivity index (χ2v) is 3.26. The fraction of sp³-hybridized carbons (Fsp3) is 0. The highest BCUT2D eigenvalue weighted by Gasteiger charge is 2.05. The topological polar surface area (TPSA) is 37.5 Å². The van der Waals surface area contributed by atoms with Gasteiger partial charge in [-0.3, -0.25) is 0 Å². The van der Waals surface area contributed by atoms with Crippen molar-refractivity contribution in [2.45, 2.75) is 0 Å². The van der Waals surface area contributed by atoms with Crippen molar-refractivity contribution < 1.29 is 9.50 Å². The van der Waals surface area contributed by atoms with Crippen molar-refractivity contribution in [3.63, 3.8) is 0 Å². The third-order valence-electron chi connectivity index (χ3n) is 1.49. The van der Waals surface area contributed by atoms with Crippen LogP contribution in [0.2, 0.25) is 0 Å². The molecule has 12 heavy (non-hydrogen) atoms. The van der Waals surface area contributed by atoms with E-state index in [1.54, 1.807) is 6.20 Å². The molecule has 1 N–H and O–H groups in total. The predicted octanol–water partition coefficient (Wildman–Crippen LogP) is 1.94. The Morgan fingerprint density at radius 2 is 2.25 bits per heavy atom. The highest BCUT2D eigenvalue weighted by atomic mass is 79.9. The summed E-state index contributed by atoms with van der Waals surface area (Å²) in [5.41, 5.74) is 0.357. The van der Waals surface area contributed by atoms with E-state index in [4.69, 9.17) is 0 Å². The van der Waals surface area contributed by atoms with Gasteiger partial charge in [0.05, 0.1) is 0 Å². The zero-order valence-corrected chi connectivity index (χ0v) is 7.42. The zero-order chi connectivity index (χ0) is 8.72. The highest BCUT2D eigenvalue weighted by Crippen LogP contribution is 2.23. The number of nitrogens with zero attached hydrogens (tertiary/aromatic N) is 2. The largest absolute Gasteiger partial charge is 0.506 e. The van der Waals surface area contributed by atoms with Crippen molar-refractivity contribution in [2.75, 3.05) is 0 Å². The number of aromatic nitrogens is 2.